The van der Waals surface area contributed by atoms with Crippen molar-refractivity contribution in [1.82, 2.24) is 0 Å². The second-order valence-electron chi connectivity index (χ2n) is 6.13. The van der Waals surface area contributed by atoms with Gasteiger partial charge in [0.05, 0.1) is 5.69 Å². The van der Waals surface area contributed by atoms with Crippen LogP contribution in [0.5, 0.6) is 5.75 Å². The molecule has 0 atom stereocenters. The first-order valence-electron chi connectivity index (χ1n) is 8.66. The Hall–Kier alpha value is -3.67. The molecule has 3 rings (SSSR count). The fourth-order valence-corrected chi connectivity index (χ4v) is 2.54. The summed E-state index contributed by atoms with van der Waals surface area (Å²) in [6, 6.07) is 20.5. The van der Waals surface area contributed by atoms with Crippen LogP contribution in [0.15, 0.2) is 72.8 Å². The Morgan fingerprint density at radius 3 is 2.32 bits per heavy atom. The van der Waals surface area contributed by atoms with Gasteiger partial charge in [-0.25, -0.2) is 4.39 Å². The maximum Gasteiger partial charge on any atom is 0.255 e. The van der Waals surface area contributed by atoms with Gasteiger partial charge in [0.1, 0.15) is 18.2 Å². The summed E-state index contributed by atoms with van der Waals surface area (Å²) < 4.78 is 19.4. The Balaban J connectivity index is 1.62. The van der Waals surface area contributed by atoms with E-state index in [1.54, 1.807) is 24.3 Å². The van der Waals surface area contributed by atoms with Crippen LogP contribution < -0.4 is 15.4 Å². The monoisotopic (exact) mass is 378 g/mol. The predicted molar refractivity (Wildman–Crippen MR) is 106 cm³/mol. The van der Waals surface area contributed by atoms with Gasteiger partial charge in [0.2, 0.25) is 5.91 Å². The number of anilines is 2. The zero-order chi connectivity index (χ0) is 19.9. The van der Waals surface area contributed by atoms with Crippen LogP contribution in [0.1, 0.15) is 22.8 Å². The average Bonchev–Trinajstić information content (AvgIpc) is 2.70. The van der Waals surface area contributed by atoms with Gasteiger partial charge in [-0.1, -0.05) is 30.3 Å². The van der Waals surface area contributed by atoms with Crippen molar-refractivity contribution in [3.05, 3.63) is 89.7 Å². The fraction of sp³-hybridized carbons (Fsp3) is 0.0909. The Bertz CT molecular complexity index is 973. The van der Waals surface area contributed by atoms with Gasteiger partial charge in [-0.05, 0) is 48.0 Å². The molecule has 0 saturated carbocycles. The summed E-state index contributed by atoms with van der Waals surface area (Å²) in [5, 5.41) is 5.06. The molecule has 0 saturated heterocycles. The van der Waals surface area contributed by atoms with Gasteiger partial charge < -0.3 is 15.4 Å². The molecule has 0 fully saturated rings. The number of carbonyl (C=O) groups excluding carboxylic acids is 2. The molecule has 2 amide bonds. The molecule has 0 spiro atoms. The summed E-state index contributed by atoms with van der Waals surface area (Å²) in [5.74, 6) is -0.674. The molecule has 142 valence electrons. The van der Waals surface area contributed by atoms with E-state index in [0.717, 1.165) is 5.56 Å². The van der Waals surface area contributed by atoms with Crippen molar-refractivity contribution in [2.75, 3.05) is 10.6 Å². The van der Waals surface area contributed by atoms with Crippen LogP contribution in [0.4, 0.5) is 15.8 Å². The van der Waals surface area contributed by atoms with Gasteiger partial charge in [0.15, 0.2) is 0 Å². The molecular formula is C22H19FN2O3. The minimum absolute atomic E-state index is 0.00922. The zero-order valence-electron chi connectivity index (χ0n) is 15.2. The summed E-state index contributed by atoms with van der Waals surface area (Å²) in [4.78, 5) is 23.5. The van der Waals surface area contributed by atoms with E-state index in [2.05, 4.69) is 10.6 Å². The molecule has 6 heteroatoms. The normalized spacial score (nSPS) is 10.2. The smallest absolute Gasteiger partial charge is 0.255 e. The number of amides is 2. The van der Waals surface area contributed by atoms with Crippen molar-refractivity contribution in [3.63, 3.8) is 0 Å². The largest absolute Gasteiger partial charge is 0.489 e. The van der Waals surface area contributed by atoms with E-state index in [1.165, 1.54) is 25.1 Å². The number of halogens is 1. The lowest BCUT2D eigenvalue weighted by atomic mass is 10.2. The van der Waals surface area contributed by atoms with Gasteiger partial charge in [-0.3, -0.25) is 9.59 Å². The SMILES string of the molecule is CC(=O)Nc1cc(NC(=O)c2ccc(OCc3ccccc3)cc2)ccc1F. The van der Waals surface area contributed by atoms with Crippen LogP contribution in [0.25, 0.3) is 0 Å². The predicted octanol–water partition coefficient (Wildman–Crippen LogP) is 4.62. The first kappa shape index (κ1) is 19.1. The van der Waals surface area contributed by atoms with Crippen LogP contribution in [0, 0.1) is 5.82 Å². The summed E-state index contributed by atoms with van der Waals surface area (Å²) >= 11 is 0. The Labute approximate surface area is 162 Å². The van der Waals surface area contributed by atoms with Gasteiger partial charge in [-0.2, -0.15) is 0 Å². The molecule has 0 heterocycles. The summed E-state index contributed by atoms with van der Waals surface area (Å²) in [6.45, 7) is 1.72. The maximum atomic E-state index is 13.7. The third kappa shape index (κ3) is 5.17. The van der Waals surface area contributed by atoms with Gasteiger partial charge in [-0.15, -0.1) is 0 Å². The minimum atomic E-state index is -0.576. The number of rotatable bonds is 6. The van der Waals surface area contributed by atoms with Crippen LogP contribution in [-0.4, -0.2) is 11.8 Å². The van der Waals surface area contributed by atoms with Gasteiger partial charge >= 0.3 is 0 Å². The minimum Gasteiger partial charge on any atom is -0.489 e. The third-order valence-electron chi connectivity index (χ3n) is 3.90. The van der Waals surface area contributed by atoms with Crippen LogP contribution >= 0.6 is 0 Å². The molecule has 2 N–H and O–H groups in total. The molecule has 3 aromatic carbocycles. The highest BCUT2D eigenvalue weighted by Crippen LogP contribution is 2.21. The van der Waals surface area contributed by atoms with Crippen molar-refractivity contribution in [3.8, 4) is 5.75 Å². The molecule has 0 bridgehead atoms. The van der Waals surface area contributed by atoms with Crippen molar-refractivity contribution >= 4 is 23.2 Å². The standard InChI is InChI=1S/C22H19FN2O3/c1-15(26)24-21-13-18(9-12-20(21)23)25-22(27)17-7-10-19(11-8-17)28-14-16-5-3-2-4-6-16/h2-13H,14H2,1H3,(H,24,26)(H,25,27). The number of hydrogen-bond donors (Lipinski definition) is 2. The van der Waals surface area contributed by atoms with E-state index < -0.39 is 11.7 Å². The molecule has 0 aromatic heterocycles. The van der Waals surface area contributed by atoms with Crippen LogP contribution in [0.2, 0.25) is 0 Å². The zero-order valence-corrected chi connectivity index (χ0v) is 15.2. The molecule has 0 aliphatic carbocycles. The highest BCUT2D eigenvalue weighted by molar-refractivity contribution is 6.04. The summed E-state index contributed by atoms with van der Waals surface area (Å²) in [5.41, 5.74) is 1.86. The van der Waals surface area contributed by atoms with E-state index in [-0.39, 0.29) is 11.6 Å². The molecule has 0 radical (unpaired) electrons. The highest BCUT2D eigenvalue weighted by Gasteiger charge is 2.10. The molecule has 28 heavy (non-hydrogen) atoms. The van der Waals surface area contributed by atoms with E-state index >= 15 is 0 Å². The number of hydrogen-bond acceptors (Lipinski definition) is 3. The lowest BCUT2D eigenvalue weighted by molar-refractivity contribution is -0.114. The average molecular weight is 378 g/mol. The quantitative estimate of drug-likeness (QED) is 0.658. The Kier molecular flexibility index (Phi) is 6.01. The van der Waals surface area contributed by atoms with Crippen molar-refractivity contribution in [2.45, 2.75) is 13.5 Å². The van der Waals surface area contributed by atoms with Crippen LogP contribution in [0.3, 0.4) is 0 Å². The second-order valence-corrected chi connectivity index (χ2v) is 6.13. The number of nitrogens with one attached hydrogen (secondary N) is 2. The van der Waals surface area contributed by atoms with E-state index in [1.807, 2.05) is 30.3 Å². The van der Waals surface area contributed by atoms with Gasteiger partial charge in [0, 0.05) is 18.2 Å². The van der Waals surface area contributed by atoms with E-state index in [0.29, 0.717) is 23.6 Å². The first-order valence-corrected chi connectivity index (χ1v) is 8.66. The Morgan fingerprint density at radius 1 is 0.929 bits per heavy atom. The number of ether oxygens (including phenoxy) is 1. The molecular weight excluding hydrogens is 359 g/mol. The summed E-state index contributed by atoms with van der Waals surface area (Å²) in [7, 11) is 0. The van der Waals surface area contributed by atoms with E-state index in [4.69, 9.17) is 4.74 Å². The second kappa shape index (κ2) is 8.81. The van der Waals surface area contributed by atoms with Crippen molar-refractivity contribution in [1.29, 1.82) is 0 Å². The first-order chi connectivity index (χ1) is 13.5. The molecule has 5 nitrogen and oxygen atoms in total. The number of benzene rings is 3. The van der Waals surface area contributed by atoms with Gasteiger partial charge in [0.25, 0.3) is 5.91 Å². The molecule has 3 aromatic rings. The fourth-order valence-electron chi connectivity index (χ4n) is 2.54. The lowest BCUT2D eigenvalue weighted by Gasteiger charge is -2.10. The highest BCUT2D eigenvalue weighted by atomic mass is 19.1. The van der Waals surface area contributed by atoms with Crippen molar-refractivity contribution in [2.24, 2.45) is 0 Å². The van der Waals surface area contributed by atoms with Crippen LogP contribution in [-0.2, 0) is 11.4 Å². The van der Waals surface area contributed by atoms with E-state index in [9.17, 15) is 14.0 Å². The Morgan fingerprint density at radius 2 is 1.64 bits per heavy atom. The number of carbonyl (C=O) groups is 2. The van der Waals surface area contributed by atoms with Crippen molar-refractivity contribution < 1.29 is 18.7 Å². The topological polar surface area (TPSA) is 67.4 Å². The maximum absolute atomic E-state index is 13.7. The third-order valence-corrected chi connectivity index (χ3v) is 3.90. The lowest BCUT2D eigenvalue weighted by Crippen LogP contribution is -2.13. The molecule has 0 aliphatic rings. The summed E-state index contributed by atoms with van der Waals surface area (Å²) in [6.07, 6.45) is 0. The molecule has 0 unspecified atom stereocenters. The molecule has 0 aliphatic heterocycles.